The largest absolute Gasteiger partial charge is 0.382 e. The third kappa shape index (κ3) is 2.79. The summed E-state index contributed by atoms with van der Waals surface area (Å²) in [6.07, 6.45) is 0.728. The minimum absolute atomic E-state index is 0.284. The van der Waals surface area contributed by atoms with Crippen molar-refractivity contribution in [3.05, 3.63) is 62.0 Å². The lowest BCUT2D eigenvalue weighted by molar-refractivity contribution is 0.214. The second kappa shape index (κ2) is 5.47. The number of nitrogens with zero attached hydrogens (tertiary/aromatic N) is 1. The normalized spacial score (nSPS) is 12.5. The van der Waals surface area contributed by atoms with E-state index in [4.69, 9.17) is 0 Å². The van der Waals surface area contributed by atoms with E-state index < -0.39 is 6.10 Å². The zero-order valence-electron chi connectivity index (χ0n) is 9.49. The SMILES string of the molecule is Cc1cc(C(O)c2ncc(Br)cc2Br)ccc1F. The minimum atomic E-state index is -0.883. The number of aliphatic hydroxyl groups excluding tert-OH is 1. The summed E-state index contributed by atoms with van der Waals surface area (Å²) >= 11 is 6.65. The maximum absolute atomic E-state index is 13.2. The van der Waals surface area contributed by atoms with Crippen molar-refractivity contribution in [3.63, 3.8) is 0 Å². The molecule has 0 amide bonds. The summed E-state index contributed by atoms with van der Waals surface area (Å²) in [5, 5.41) is 10.2. The van der Waals surface area contributed by atoms with Gasteiger partial charge in [-0.15, -0.1) is 0 Å². The molecule has 1 unspecified atom stereocenters. The molecule has 0 spiro atoms. The summed E-state index contributed by atoms with van der Waals surface area (Å²) in [4.78, 5) is 4.17. The molecule has 1 heterocycles. The second-order valence-corrected chi connectivity index (χ2v) is 5.70. The fourth-order valence-corrected chi connectivity index (χ4v) is 2.83. The maximum Gasteiger partial charge on any atom is 0.126 e. The Morgan fingerprint density at radius 1 is 1.28 bits per heavy atom. The molecule has 0 aliphatic carbocycles. The molecule has 0 saturated heterocycles. The molecule has 0 radical (unpaired) electrons. The van der Waals surface area contributed by atoms with E-state index in [2.05, 4.69) is 36.8 Å². The average molecular weight is 375 g/mol. The number of aromatic nitrogens is 1. The highest BCUT2D eigenvalue weighted by atomic mass is 79.9. The zero-order chi connectivity index (χ0) is 13.3. The number of rotatable bonds is 2. The van der Waals surface area contributed by atoms with E-state index in [1.165, 1.54) is 6.07 Å². The van der Waals surface area contributed by atoms with Gasteiger partial charge in [-0.05, 0) is 62.0 Å². The van der Waals surface area contributed by atoms with Gasteiger partial charge < -0.3 is 5.11 Å². The highest BCUT2D eigenvalue weighted by Gasteiger charge is 2.16. The van der Waals surface area contributed by atoms with Crippen LogP contribution in [-0.4, -0.2) is 10.1 Å². The molecule has 1 aromatic heterocycles. The average Bonchev–Trinajstić information content (AvgIpc) is 2.32. The third-order valence-electron chi connectivity index (χ3n) is 2.59. The Hall–Kier alpha value is -0.780. The molecule has 94 valence electrons. The molecule has 0 aliphatic rings. The van der Waals surface area contributed by atoms with Gasteiger partial charge in [-0.3, -0.25) is 4.98 Å². The Morgan fingerprint density at radius 2 is 2.00 bits per heavy atom. The lowest BCUT2D eigenvalue weighted by Crippen LogP contribution is -2.04. The third-order valence-corrected chi connectivity index (χ3v) is 3.66. The monoisotopic (exact) mass is 373 g/mol. The molecule has 2 nitrogen and oxygen atoms in total. The molecular formula is C13H10Br2FNO. The van der Waals surface area contributed by atoms with Crippen LogP contribution in [0.5, 0.6) is 0 Å². The standard InChI is InChI=1S/C13H10Br2FNO/c1-7-4-8(2-3-11(7)16)13(18)12-10(15)5-9(14)6-17-12/h2-6,13,18H,1H3. The molecule has 1 atom stereocenters. The molecule has 0 aliphatic heterocycles. The molecule has 18 heavy (non-hydrogen) atoms. The van der Waals surface area contributed by atoms with E-state index in [0.717, 1.165) is 4.47 Å². The van der Waals surface area contributed by atoms with Crippen molar-refractivity contribution in [3.8, 4) is 0 Å². The van der Waals surface area contributed by atoms with Gasteiger partial charge in [0.05, 0.1) is 5.69 Å². The first kappa shape index (κ1) is 13.6. The summed E-state index contributed by atoms with van der Waals surface area (Å²) in [7, 11) is 0. The van der Waals surface area contributed by atoms with Gasteiger partial charge in [-0.1, -0.05) is 12.1 Å². The van der Waals surface area contributed by atoms with Crippen LogP contribution < -0.4 is 0 Å². The van der Waals surface area contributed by atoms with Crippen LogP contribution in [0.1, 0.15) is 22.9 Å². The first-order chi connectivity index (χ1) is 8.49. The maximum atomic E-state index is 13.2. The molecular weight excluding hydrogens is 365 g/mol. The van der Waals surface area contributed by atoms with Crippen LogP contribution in [0.15, 0.2) is 39.4 Å². The summed E-state index contributed by atoms with van der Waals surface area (Å²) < 4.78 is 14.7. The van der Waals surface area contributed by atoms with Gasteiger partial charge in [0, 0.05) is 15.1 Å². The summed E-state index contributed by atoms with van der Waals surface area (Å²) in [6.45, 7) is 1.66. The van der Waals surface area contributed by atoms with Crippen LogP contribution in [0.3, 0.4) is 0 Å². The van der Waals surface area contributed by atoms with E-state index in [0.29, 0.717) is 21.3 Å². The van der Waals surface area contributed by atoms with E-state index in [1.807, 2.05) is 6.07 Å². The van der Waals surface area contributed by atoms with Gasteiger partial charge >= 0.3 is 0 Å². The summed E-state index contributed by atoms with van der Waals surface area (Å²) in [5.74, 6) is -0.284. The lowest BCUT2D eigenvalue weighted by atomic mass is 10.0. The van der Waals surface area contributed by atoms with Crippen LogP contribution in [0.2, 0.25) is 0 Å². The molecule has 1 N–H and O–H groups in total. The number of hydrogen-bond acceptors (Lipinski definition) is 2. The number of halogens is 3. The van der Waals surface area contributed by atoms with Gasteiger partial charge in [-0.25, -0.2) is 4.39 Å². The van der Waals surface area contributed by atoms with Crippen molar-refractivity contribution in [2.45, 2.75) is 13.0 Å². The Labute approximate surface area is 121 Å². The quantitative estimate of drug-likeness (QED) is 0.857. The van der Waals surface area contributed by atoms with Crippen LogP contribution in [0.25, 0.3) is 0 Å². The lowest BCUT2D eigenvalue weighted by Gasteiger charge is -2.13. The summed E-state index contributed by atoms with van der Waals surface area (Å²) in [6, 6.07) is 6.34. The molecule has 5 heteroatoms. The Balaban J connectivity index is 2.41. The van der Waals surface area contributed by atoms with Gasteiger partial charge in [0.1, 0.15) is 11.9 Å². The van der Waals surface area contributed by atoms with Crippen molar-refractivity contribution in [1.29, 1.82) is 0 Å². The Kier molecular flexibility index (Phi) is 4.14. The van der Waals surface area contributed by atoms with Gasteiger partial charge in [-0.2, -0.15) is 0 Å². The number of aryl methyl sites for hydroxylation is 1. The number of hydrogen-bond donors (Lipinski definition) is 1. The van der Waals surface area contributed by atoms with E-state index >= 15 is 0 Å². The van der Waals surface area contributed by atoms with Crippen molar-refractivity contribution in [1.82, 2.24) is 4.98 Å². The topological polar surface area (TPSA) is 33.1 Å². The number of benzene rings is 1. The Bertz CT molecular complexity index is 589. The van der Waals surface area contributed by atoms with Crippen LogP contribution in [0.4, 0.5) is 4.39 Å². The molecule has 0 fully saturated rings. The number of aliphatic hydroxyl groups is 1. The molecule has 2 rings (SSSR count). The second-order valence-electron chi connectivity index (χ2n) is 3.93. The van der Waals surface area contributed by atoms with Gasteiger partial charge in [0.25, 0.3) is 0 Å². The molecule has 0 saturated carbocycles. The predicted molar refractivity (Wildman–Crippen MR) is 74.8 cm³/mol. The first-order valence-corrected chi connectivity index (χ1v) is 6.82. The van der Waals surface area contributed by atoms with E-state index in [1.54, 1.807) is 25.3 Å². The van der Waals surface area contributed by atoms with Crippen molar-refractivity contribution in [2.24, 2.45) is 0 Å². The van der Waals surface area contributed by atoms with Crippen LogP contribution in [0, 0.1) is 12.7 Å². The zero-order valence-corrected chi connectivity index (χ0v) is 12.7. The van der Waals surface area contributed by atoms with Crippen LogP contribution in [-0.2, 0) is 0 Å². The highest BCUT2D eigenvalue weighted by Crippen LogP contribution is 2.29. The van der Waals surface area contributed by atoms with Gasteiger partial charge in [0.15, 0.2) is 0 Å². The summed E-state index contributed by atoms with van der Waals surface area (Å²) in [5.41, 5.74) is 1.62. The van der Waals surface area contributed by atoms with Crippen LogP contribution >= 0.6 is 31.9 Å². The van der Waals surface area contributed by atoms with Crippen molar-refractivity contribution < 1.29 is 9.50 Å². The van der Waals surface area contributed by atoms with E-state index in [9.17, 15) is 9.50 Å². The van der Waals surface area contributed by atoms with Crippen molar-refractivity contribution >= 4 is 31.9 Å². The smallest absolute Gasteiger partial charge is 0.126 e. The molecule has 2 aromatic rings. The number of pyridine rings is 1. The van der Waals surface area contributed by atoms with Crippen molar-refractivity contribution in [2.75, 3.05) is 0 Å². The molecule has 0 bridgehead atoms. The predicted octanol–water partition coefficient (Wildman–Crippen LogP) is 4.14. The van der Waals surface area contributed by atoms with E-state index in [-0.39, 0.29) is 5.82 Å². The highest BCUT2D eigenvalue weighted by molar-refractivity contribution is 9.11. The fourth-order valence-electron chi connectivity index (χ4n) is 1.62. The fraction of sp³-hybridized carbons (Fsp3) is 0.154. The minimum Gasteiger partial charge on any atom is -0.382 e. The molecule has 1 aromatic carbocycles. The Morgan fingerprint density at radius 3 is 2.61 bits per heavy atom. The van der Waals surface area contributed by atoms with Gasteiger partial charge in [0.2, 0.25) is 0 Å². The first-order valence-electron chi connectivity index (χ1n) is 5.24.